The maximum atomic E-state index is 12.5. The number of amides is 2. The van der Waals surface area contributed by atoms with Gasteiger partial charge in [0.15, 0.2) is 0 Å². The molecule has 1 rings (SSSR count). The quantitative estimate of drug-likeness (QED) is 0.817. The summed E-state index contributed by atoms with van der Waals surface area (Å²) in [5.41, 5.74) is 1.68. The minimum atomic E-state index is -0.107. The minimum absolute atomic E-state index is 0.107. The predicted molar refractivity (Wildman–Crippen MR) is 88.4 cm³/mol. The van der Waals surface area contributed by atoms with Crippen molar-refractivity contribution in [1.29, 1.82) is 0 Å². The van der Waals surface area contributed by atoms with Crippen molar-refractivity contribution in [2.75, 3.05) is 19.6 Å². The average Bonchev–Trinajstić information content (AvgIpc) is 2.46. The van der Waals surface area contributed by atoms with E-state index in [1.807, 2.05) is 32.9 Å². The molecule has 0 spiro atoms. The van der Waals surface area contributed by atoms with Crippen LogP contribution in [0.15, 0.2) is 22.7 Å². The third kappa shape index (κ3) is 5.50. The second-order valence-electron chi connectivity index (χ2n) is 5.04. The molecular formula is C16H23BrN2O2. The van der Waals surface area contributed by atoms with E-state index >= 15 is 0 Å². The third-order valence-corrected chi connectivity index (χ3v) is 3.96. The highest BCUT2D eigenvalue weighted by Gasteiger charge is 2.18. The van der Waals surface area contributed by atoms with Crippen molar-refractivity contribution in [2.24, 2.45) is 0 Å². The number of aryl methyl sites for hydroxylation is 1. The average molecular weight is 355 g/mol. The van der Waals surface area contributed by atoms with Crippen molar-refractivity contribution in [3.8, 4) is 0 Å². The van der Waals surface area contributed by atoms with Crippen molar-refractivity contribution in [3.63, 3.8) is 0 Å². The van der Waals surface area contributed by atoms with Gasteiger partial charge in [0.2, 0.25) is 5.91 Å². The first kappa shape index (κ1) is 17.7. The van der Waals surface area contributed by atoms with Gasteiger partial charge in [0.25, 0.3) is 5.91 Å². The molecule has 0 radical (unpaired) electrons. The van der Waals surface area contributed by atoms with Crippen LogP contribution in [0, 0.1) is 6.92 Å². The molecule has 0 saturated heterocycles. The molecule has 0 bridgehead atoms. The highest BCUT2D eigenvalue weighted by Crippen LogP contribution is 2.18. The van der Waals surface area contributed by atoms with Gasteiger partial charge < -0.3 is 10.2 Å². The van der Waals surface area contributed by atoms with Crippen LogP contribution in [0.1, 0.15) is 42.6 Å². The van der Waals surface area contributed by atoms with E-state index in [4.69, 9.17) is 0 Å². The fourth-order valence-corrected chi connectivity index (χ4v) is 2.30. The Hall–Kier alpha value is -1.36. The van der Waals surface area contributed by atoms with Crippen LogP contribution in [0.2, 0.25) is 0 Å². The molecule has 2 amide bonds. The van der Waals surface area contributed by atoms with Crippen LogP contribution in [0.3, 0.4) is 0 Å². The van der Waals surface area contributed by atoms with Crippen LogP contribution in [0.4, 0.5) is 0 Å². The summed E-state index contributed by atoms with van der Waals surface area (Å²) in [6, 6.07) is 5.51. The zero-order chi connectivity index (χ0) is 15.8. The summed E-state index contributed by atoms with van der Waals surface area (Å²) in [6.07, 6.45) is 1.71. The zero-order valence-electron chi connectivity index (χ0n) is 12.9. The summed E-state index contributed by atoms with van der Waals surface area (Å²) >= 11 is 3.44. The highest BCUT2D eigenvalue weighted by atomic mass is 79.9. The van der Waals surface area contributed by atoms with Crippen molar-refractivity contribution >= 4 is 27.7 Å². The van der Waals surface area contributed by atoms with Gasteiger partial charge in [0, 0.05) is 23.1 Å². The van der Waals surface area contributed by atoms with Gasteiger partial charge in [-0.15, -0.1) is 0 Å². The Morgan fingerprint density at radius 1 is 1.24 bits per heavy atom. The van der Waals surface area contributed by atoms with Crippen LogP contribution in [-0.2, 0) is 4.79 Å². The first-order valence-corrected chi connectivity index (χ1v) is 8.11. The second-order valence-corrected chi connectivity index (χ2v) is 5.89. The summed E-state index contributed by atoms with van der Waals surface area (Å²) in [4.78, 5) is 26.0. The van der Waals surface area contributed by atoms with E-state index in [2.05, 4.69) is 21.2 Å². The smallest absolute Gasteiger partial charge is 0.254 e. The number of nitrogens with one attached hydrogen (secondary N) is 1. The lowest BCUT2D eigenvalue weighted by Crippen LogP contribution is -2.41. The normalized spacial score (nSPS) is 10.3. The molecule has 116 valence electrons. The fraction of sp³-hybridized carbons (Fsp3) is 0.500. The number of hydrogen-bond acceptors (Lipinski definition) is 2. The Balaban J connectivity index is 2.81. The van der Waals surface area contributed by atoms with Crippen molar-refractivity contribution in [1.82, 2.24) is 10.2 Å². The molecule has 1 aromatic rings. The molecule has 0 aromatic heterocycles. The molecular weight excluding hydrogens is 332 g/mol. The van der Waals surface area contributed by atoms with Gasteiger partial charge in [-0.3, -0.25) is 9.59 Å². The first-order valence-electron chi connectivity index (χ1n) is 7.31. The molecule has 21 heavy (non-hydrogen) atoms. The maximum absolute atomic E-state index is 12.5. The summed E-state index contributed by atoms with van der Waals surface area (Å²) in [6.45, 7) is 7.29. The lowest BCUT2D eigenvalue weighted by atomic mass is 10.1. The number of rotatable bonds is 7. The van der Waals surface area contributed by atoms with Crippen molar-refractivity contribution < 1.29 is 9.59 Å². The van der Waals surface area contributed by atoms with Crippen LogP contribution in [0.25, 0.3) is 0 Å². The van der Waals surface area contributed by atoms with Gasteiger partial charge in [-0.05, 0) is 37.5 Å². The number of carbonyl (C=O) groups is 2. The number of hydrogen-bond donors (Lipinski definition) is 1. The number of halogens is 1. The van der Waals surface area contributed by atoms with E-state index in [-0.39, 0.29) is 18.4 Å². The zero-order valence-corrected chi connectivity index (χ0v) is 14.5. The molecule has 4 nitrogen and oxygen atoms in total. The maximum Gasteiger partial charge on any atom is 0.254 e. The van der Waals surface area contributed by atoms with Gasteiger partial charge in [-0.25, -0.2) is 0 Å². The SMILES string of the molecule is CCCNC(=O)CN(CCC)C(=O)c1ccc(C)c(Br)c1. The third-order valence-electron chi connectivity index (χ3n) is 3.11. The Labute approximate surface area is 135 Å². The topological polar surface area (TPSA) is 49.4 Å². The molecule has 0 aliphatic heterocycles. The molecule has 0 aliphatic rings. The molecule has 1 aromatic carbocycles. The summed E-state index contributed by atoms with van der Waals surface area (Å²) in [5.74, 6) is -0.214. The molecule has 0 fully saturated rings. The molecule has 1 N–H and O–H groups in total. The summed E-state index contributed by atoms with van der Waals surface area (Å²) in [7, 11) is 0. The Morgan fingerprint density at radius 2 is 1.95 bits per heavy atom. The molecule has 0 atom stereocenters. The minimum Gasteiger partial charge on any atom is -0.355 e. The van der Waals surface area contributed by atoms with Crippen LogP contribution in [-0.4, -0.2) is 36.3 Å². The van der Waals surface area contributed by atoms with Gasteiger partial charge in [-0.2, -0.15) is 0 Å². The Kier molecular flexibility index (Phi) is 7.43. The molecule has 5 heteroatoms. The standard InChI is InChI=1S/C16H23BrN2O2/c1-4-8-18-15(20)11-19(9-5-2)16(21)13-7-6-12(3)14(17)10-13/h6-7,10H,4-5,8-9,11H2,1-3H3,(H,18,20). The van der Waals surface area contributed by atoms with Crippen LogP contribution < -0.4 is 5.32 Å². The highest BCUT2D eigenvalue weighted by molar-refractivity contribution is 9.10. The van der Waals surface area contributed by atoms with Gasteiger partial charge in [-0.1, -0.05) is 35.8 Å². The van der Waals surface area contributed by atoms with E-state index < -0.39 is 0 Å². The van der Waals surface area contributed by atoms with E-state index in [0.717, 1.165) is 22.9 Å². The first-order chi connectivity index (χ1) is 9.99. The lowest BCUT2D eigenvalue weighted by Gasteiger charge is -2.22. The molecule has 0 heterocycles. The van der Waals surface area contributed by atoms with Gasteiger partial charge in [0.05, 0.1) is 6.54 Å². The molecule has 0 aliphatic carbocycles. The monoisotopic (exact) mass is 354 g/mol. The Morgan fingerprint density at radius 3 is 2.52 bits per heavy atom. The number of carbonyl (C=O) groups excluding carboxylic acids is 2. The van der Waals surface area contributed by atoms with E-state index in [9.17, 15) is 9.59 Å². The molecule has 0 unspecified atom stereocenters. The lowest BCUT2D eigenvalue weighted by molar-refractivity contribution is -0.121. The predicted octanol–water partition coefficient (Wildman–Crippen LogP) is 3.14. The number of benzene rings is 1. The summed E-state index contributed by atoms with van der Waals surface area (Å²) < 4.78 is 0.903. The fourth-order valence-electron chi connectivity index (χ4n) is 1.92. The van der Waals surface area contributed by atoms with E-state index in [1.165, 1.54) is 0 Å². The summed E-state index contributed by atoms with van der Waals surface area (Å²) in [5, 5.41) is 2.81. The second kappa shape index (κ2) is 8.82. The van der Waals surface area contributed by atoms with Gasteiger partial charge in [0.1, 0.15) is 0 Å². The molecule has 0 saturated carbocycles. The van der Waals surface area contributed by atoms with Crippen molar-refractivity contribution in [3.05, 3.63) is 33.8 Å². The van der Waals surface area contributed by atoms with E-state index in [0.29, 0.717) is 18.7 Å². The van der Waals surface area contributed by atoms with E-state index in [1.54, 1.807) is 11.0 Å². The largest absolute Gasteiger partial charge is 0.355 e. The van der Waals surface area contributed by atoms with Crippen molar-refractivity contribution in [2.45, 2.75) is 33.6 Å². The number of nitrogens with zero attached hydrogens (tertiary/aromatic N) is 1. The van der Waals surface area contributed by atoms with Crippen LogP contribution in [0.5, 0.6) is 0 Å². The van der Waals surface area contributed by atoms with Crippen LogP contribution >= 0.6 is 15.9 Å². The van der Waals surface area contributed by atoms with Gasteiger partial charge >= 0.3 is 0 Å². The Bertz CT molecular complexity index is 503.